The highest BCUT2D eigenvalue weighted by Gasteiger charge is 2.20. The zero-order valence-electron chi connectivity index (χ0n) is 16.6. The summed E-state index contributed by atoms with van der Waals surface area (Å²) in [5.41, 5.74) is 2.34. The Bertz CT molecular complexity index is 1020. The van der Waals surface area contributed by atoms with Gasteiger partial charge in [0.15, 0.2) is 6.61 Å². The molecule has 1 fully saturated rings. The number of aromatic nitrogens is 2. The van der Waals surface area contributed by atoms with Crippen molar-refractivity contribution in [3.05, 3.63) is 93.9 Å². The van der Waals surface area contributed by atoms with Crippen molar-refractivity contribution >= 4 is 0 Å². The van der Waals surface area contributed by atoms with Gasteiger partial charge in [0.05, 0.1) is 11.9 Å². The van der Waals surface area contributed by atoms with Crippen LogP contribution in [0.2, 0.25) is 0 Å². The smallest absolute Gasteiger partial charge is 0.286 e. The molecule has 2 heterocycles. The van der Waals surface area contributed by atoms with Crippen molar-refractivity contribution in [1.29, 1.82) is 0 Å². The van der Waals surface area contributed by atoms with E-state index in [1.165, 1.54) is 37.2 Å². The second-order valence-corrected chi connectivity index (χ2v) is 7.45. The Morgan fingerprint density at radius 3 is 2.57 bits per heavy atom. The molecule has 3 aromatic rings. The normalized spacial score (nSPS) is 13.2. The largest absolute Gasteiger partial charge is 0.489 e. The van der Waals surface area contributed by atoms with E-state index in [9.17, 15) is 9.18 Å². The first kappa shape index (κ1) is 20.1. The lowest BCUT2D eigenvalue weighted by Gasteiger charge is -2.10. The molecular weight excluding hydrogens is 385 g/mol. The second-order valence-electron chi connectivity index (χ2n) is 7.45. The molecule has 0 radical (unpaired) electrons. The van der Waals surface area contributed by atoms with Crippen LogP contribution in [-0.4, -0.2) is 16.3 Å². The van der Waals surface area contributed by atoms with Crippen LogP contribution in [0.4, 0.5) is 4.39 Å². The van der Waals surface area contributed by atoms with Crippen molar-refractivity contribution in [3.8, 4) is 5.75 Å². The van der Waals surface area contributed by atoms with Crippen LogP contribution in [0.25, 0.3) is 0 Å². The minimum atomic E-state index is -0.340. The van der Waals surface area contributed by atoms with E-state index < -0.39 is 0 Å². The molecule has 0 unspecified atom stereocenters. The van der Waals surface area contributed by atoms with Gasteiger partial charge in [0.25, 0.3) is 5.56 Å². The summed E-state index contributed by atoms with van der Waals surface area (Å²) in [6.45, 7) is 2.31. The van der Waals surface area contributed by atoms with Crippen molar-refractivity contribution in [2.75, 3.05) is 6.54 Å². The average molecular weight is 409 g/mol. The van der Waals surface area contributed by atoms with Gasteiger partial charge >= 0.3 is 0 Å². The van der Waals surface area contributed by atoms with E-state index in [0.717, 1.165) is 40.6 Å². The summed E-state index contributed by atoms with van der Waals surface area (Å²) in [6.07, 6.45) is 6.01. The van der Waals surface area contributed by atoms with Crippen molar-refractivity contribution in [2.24, 2.45) is 5.92 Å². The maximum Gasteiger partial charge on any atom is 0.286 e. The summed E-state index contributed by atoms with van der Waals surface area (Å²) < 4.78 is 19.7. The van der Waals surface area contributed by atoms with E-state index in [2.05, 4.69) is 10.3 Å². The zero-order valence-corrected chi connectivity index (χ0v) is 16.6. The Kier molecular flexibility index (Phi) is 6.39. The predicted molar refractivity (Wildman–Crippen MR) is 110 cm³/mol. The lowest BCUT2D eigenvalue weighted by Crippen LogP contribution is -2.25. The molecule has 1 aliphatic carbocycles. The highest BCUT2D eigenvalue weighted by atomic mass is 19.1. The van der Waals surface area contributed by atoms with Gasteiger partial charge in [0.1, 0.15) is 18.2 Å². The lowest BCUT2D eigenvalue weighted by atomic mass is 10.2. The molecule has 0 spiro atoms. The maximum atomic E-state index is 12.9. The average Bonchev–Trinajstić information content (AvgIpc) is 3.58. The van der Waals surface area contributed by atoms with Crippen LogP contribution >= 0.6 is 0 Å². The van der Waals surface area contributed by atoms with Gasteiger partial charge in [-0.1, -0.05) is 18.2 Å². The number of hydrogen-bond donors (Lipinski definition) is 1. The molecule has 30 heavy (non-hydrogen) atoms. The van der Waals surface area contributed by atoms with E-state index in [1.807, 2.05) is 18.3 Å². The van der Waals surface area contributed by atoms with E-state index in [1.54, 1.807) is 18.2 Å². The molecule has 1 N–H and O–H groups in total. The summed E-state index contributed by atoms with van der Waals surface area (Å²) in [6, 6.07) is 12.9. The number of benzene rings is 1. The van der Waals surface area contributed by atoms with Gasteiger partial charge < -0.3 is 14.9 Å². The highest BCUT2D eigenvalue weighted by Crippen LogP contribution is 2.27. The van der Waals surface area contributed by atoms with Crippen molar-refractivity contribution < 1.29 is 14.0 Å². The molecule has 0 amide bonds. The molecule has 1 aromatic carbocycles. The topological polar surface area (TPSA) is 65.4 Å². The Morgan fingerprint density at radius 2 is 1.87 bits per heavy atom. The third kappa shape index (κ3) is 5.90. The number of nitrogens with zero attached hydrogens (tertiary/aromatic N) is 2. The zero-order chi connectivity index (χ0) is 20.8. The second kappa shape index (κ2) is 9.54. The lowest BCUT2D eigenvalue weighted by molar-refractivity contribution is 0.0862. The van der Waals surface area contributed by atoms with Gasteiger partial charge in [0.2, 0.25) is 0 Å². The Hall–Kier alpha value is -3.19. The summed E-state index contributed by atoms with van der Waals surface area (Å²) in [5, 5.41) is 3.43. The molecule has 6 nitrogen and oxygen atoms in total. The number of ether oxygens (including phenoxy) is 1. The summed E-state index contributed by atoms with van der Waals surface area (Å²) in [4.78, 5) is 22.2. The molecule has 0 saturated heterocycles. The first-order valence-electron chi connectivity index (χ1n) is 10.0. The summed E-state index contributed by atoms with van der Waals surface area (Å²) >= 11 is 0. The number of nitrogens with one attached hydrogen (secondary N) is 1. The fourth-order valence-electron chi connectivity index (χ4n) is 2.92. The molecule has 0 bridgehead atoms. The van der Waals surface area contributed by atoms with Gasteiger partial charge in [-0.3, -0.25) is 9.78 Å². The Labute approximate surface area is 174 Å². The third-order valence-corrected chi connectivity index (χ3v) is 4.87. The van der Waals surface area contributed by atoms with Crippen molar-refractivity contribution in [1.82, 2.24) is 15.0 Å². The van der Waals surface area contributed by atoms with Crippen LogP contribution in [-0.2, 0) is 19.8 Å². The van der Waals surface area contributed by atoms with Crippen LogP contribution in [0.3, 0.4) is 0 Å². The molecule has 2 aromatic heterocycles. The Balaban J connectivity index is 1.25. The van der Waals surface area contributed by atoms with Crippen LogP contribution in [0.5, 0.6) is 5.75 Å². The standard InChI is InChI=1S/C23H24FN3O3/c24-20-6-3-18(4-7-20)15-29-22-9-10-27(23(28)11-22)30-16-21-8-5-19(14-26-21)13-25-12-17-1-2-17/h3-11,14,17,25H,1-2,12-13,15-16H2. The molecular formula is C23H24FN3O3. The highest BCUT2D eigenvalue weighted by molar-refractivity contribution is 5.20. The summed E-state index contributed by atoms with van der Waals surface area (Å²) in [5.74, 6) is 0.974. The number of hydrogen-bond acceptors (Lipinski definition) is 5. The molecule has 156 valence electrons. The van der Waals surface area contributed by atoms with Gasteiger partial charge in [-0.15, -0.1) is 0 Å². The van der Waals surface area contributed by atoms with Crippen LogP contribution in [0.15, 0.2) is 65.7 Å². The van der Waals surface area contributed by atoms with Crippen molar-refractivity contribution in [3.63, 3.8) is 0 Å². The van der Waals surface area contributed by atoms with Gasteiger partial charge in [-0.25, -0.2) is 4.39 Å². The SMILES string of the molecule is O=c1cc(OCc2ccc(F)cc2)ccn1OCc1ccc(CNCC2CC2)cn1. The van der Waals surface area contributed by atoms with Gasteiger partial charge in [-0.05, 0) is 54.6 Å². The minimum absolute atomic E-state index is 0.186. The fourth-order valence-corrected chi connectivity index (χ4v) is 2.92. The van der Waals surface area contributed by atoms with Gasteiger partial charge in [-0.2, -0.15) is 4.73 Å². The maximum absolute atomic E-state index is 12.9. The monoisotopic (exact) mass is 409 g/mol. The molecule has 1 saturated carbocycles. The molecule has 0 aliphatic heterocycles. The minimum Gasteiger partial charge on any atom is -0.489 e. The van der Waals surface area contributed by atoms with Crippen LogP contribution < -0.4 is 20.5 Å². The molecule has 7 heteroatoms. The Morgan fingerprint density at radius 1 is 1.07 bits per heavy atom. The quantitative estimate of drug-likeness (QED) is 0.558. The van der Waals surface area contributed by atoms with E-state index >= 15 is 0 Å². The molecule has 1 aliphatic rings. The number of halogens is 1. The van der Waals surface area contributed by atoms with Gasteiger partial charge in [0, 0.05) is 24.9 Å². The van der Waals surface area contributed by atoms with Crippen LogP contribution in [0.1, 0.15) is 29.7 Å². The van der Waals surface area contributed by atoms with Crippen molar-refractivity contribution in [2.45, 2.75) is 32.6 Å². The summed E-state index contributed by atoms with van der Waals surface area (Å²) in [7, 11) is 0. The fraction of sp³-hybridized carbons (Fsp3) is 0.304. The first-order chi connectivity index (χ1) is 14.7. The number of rotatable bonds is 10. The first-order valence-corrected chi connectivity index (χ1v) is 10.0. The third-order valence-electron chi connectivity index (χ3n) is 4.87. The molecule has 4 rings (SSSR count). The van der Waals surface area contributed by atoms with Crippen LogP contribution in [0, 0.1) is 11.7 Å². The van der Waals surface area contributed by atoms with E-state index in [-0.39, 0.29) is 24.6 Å². The predicted octanol–water partition coefficient (Wildman–Crippen LogP) is 3.09. The number of pyridine rings is 2. The van der Waals surface area contributed by atoms with E-state index in [0.29, 0.717) is 5.75 Å². The molecule has 0 atom stereocenters. The van der Waals surface area contributed by atoms with E-state index in [4.69, 9.17) is 9.57 Å².